The van der Waals surface area contributed by atoms with Crippen molar-refractivity contribution in [3.05, 3.63) is 141 Å². The molecule has 5 rings (SSSR count). The van der Waals surface area contributed by atoms with Crippen molar-refractivity contribution in [2.24, 2.45) is 5.11 Å². The van der Waals surface area contributed by atoms with Gasteiger partial charge >= 0.3 is 6.09 Å². The first kappa shape index (κ1) is 42.7. The first-order valence-corrected chi connectivity index (χ1v) is 19.6. The molecule has 57 heavy (non-hydrogen) atoms. The number of Topliss-reactive ketones (excluding diaryl/α,β-unsaturated/α-hetero) is 1. The van der Waals surface area contributed by atoms with Crippen LogP contribution in [-0.4, -0.2) is 73.4 Å². The normalized spacial score (nSPS) is 17.3. The van der Waals surface area contributed by atoms with Gasteiger partial charge in [-0.3, -0.25) is 4.79 Å². The molecule has 0 bridgehead atoms. The smallest absolute Gasteiger partial charge is 0.410 e. The molecular formula is C41H43F4N5O6S. The molecule has 0 saturated carbocycles. The molecule has 1 heterocycles. The van der Waals surface area contributed by atoms with Gasteiger partial charge in [0.1, 0.15) is 46.4 Å². The van der Waals surface area contributed by atoms with Crippen molar-refractivity contribution in [2.75, 3.05) is 20.2 Å². The highest BCUT2D eigenvalue weighted by molar-refractivity contribution is 7.89. The zero-order valence-electron chi connectivity index (χ0n) is 32.0. The van der Waals surface area contributed by atoms with Crippen molar-refractivity contribution in [1.82, 2.24) is 9.21 Å². The lowest BCUT2D eigenvalue weighted by atomic mass is 9.81. The van der Waals surface area contributed by atoms with Gasteiger partial charge in [-0.1, -0.05) is 29.4 Å². The summed E-state index contributed by atoms with van der Waals surface area (Å²) in [6.07, 6.45) is -1.23. The van der Waals surface area contributed by atoms with Gasteiger partial charge in [-0.15, -0.1) is 0 Å². The molecule has 1 aliphatic rings. The van der Waals surface area contributed by atoms with Crippen molar-refractivity contribution in [2.45, 2.75) is 81.5 Å². The molecule has 0 radical (unpaired) electrons. The van der Waals surface area contributed by atoms with E-state index in [-0.39, 0.29) is 53.1 Å². The van der Waals surface area contributed by atoms with Crippen molar-refractivity contribution in [1.29, 1.82) is 0 Å². The molecule has 4 atom stereocenters. The number of azide groups is 1. The number of methoxy groups -OCH3 is 1. The molecule has 16 heteroatoms. The van der Waals surface area contributed by atoms with Crippen molar-refractivity contribution in [3.8, 4) is 5.75 Å². The lowest BCUT2D eigenvalue weighted by molar-refractivity contribution is -0.119. The summed E-state index contributed by atoms with van der Waals surface area (Å²) >= 11 is 0. The Morgan fingerprint density at radius 2 is 1.56 bits per heavy atom. The fraction of sp³-hybridized carbons (Fsp3) is 0.366. The minimum Gasteiger partial charge on any atom is -0.497 e. The lowest BCUT2D eigenvalue weighted by Crippen LogP contribution is -2.61. The van der Waals surface area contributed by atoms with Gasteiger partial charge in [0.25, 0.3) is 0 Å². The molecule has 0 aromatic heterocycles. The van der Waals surface area contributed by atoms with Gasteiger partial charge in [0.05, 0.1) is 12.0 Å². The zero-order valence-corrected chi connectivity index (χ0v) is 32.8. The molecule has 1 aliphatic heterocycles. The number of sulfonamides is 1. The summed E-state index contributed by atoms with van der Waals surface area (Å²) < 4.78 is 99.3. The summed E-state index contributed by atoms with van der Waals surface area (Å²) in [5.74, 6) is -4.76. The number of rotatable bonds is 13. The van der Waals surface area contributed by atoms with Crippen LogP contribution in [0.3, 0.4) is 0 Å². The van der Waals surface area contributed by atoms with Gasteiger partial charge in [0, 0.05) is 48.5 Å². The minimum absolute atomic E-state index is 0.00168. The highest BCUT2D eigenvalue weighted by Crippen LogP contribution is 2.34. The number of hydrogen-bond acceptors (Lipinski definition) is 7. The Kier molecular flexibility index (Phi) is 13.3. The molecule has 0 unspecified atom stereocenters. The van der Waals surface area contributed by atoms with Crippen LogP contribution in [0.25, 0.3) is 10.4 Å². The van der Waals surface area contributed by atoms with E-state index in [1.807, 2.05) is 0 Å². The molecule has 0 aliphatic carbocycles. The number of ketones is 1. The van der Waals surface area contributed by atoms with Crippen molar-refractivity contribution < 1.29 is 45.0 Å². The lowest BCUT2D eigenvalue weighted by Gasteiger charge is -2.44. The third-order valence-electron chi connectivity index (χ3n) is 9.60. The monoisotopic (exact) mass is 809 g/mol. The summed E-state index contributed by atoms with van der Waals surface area (Å²) in [6.45, 7) is 6.73. The molecule has 1 saturated heterocycles. The number of carbonyl (C=O) groups excluding carboxylic acids is 2. The fourth-order valence-corrected chi connectivity index (χ4v) is 9.00. The van der Waals surface area contributed by atoms with Crippen LogP contribution < -0.4 is 4.74 Å². The number of halogens is 4. The van der Waals surface area contributed by atoms with E-state index >= 15 is 4.39 Å². The van der Waals surface area contributed by atoms with Gasteiger partial charge < -0.3 is 14.4 Å². The Bertz CT molecular complexity index is 2230. The topological polar surface area (TPSA) is 142 Å². The van der Waals surface area contributed by atoms with E-state index in [0.717, 1.165) is 24.3 Å². The summed E-state index contributed by atoms with van der Waals surface area (Å²) in [4.78, 5) is 31.7. The van der Waals surface area contributed by atoms with E-state index in [1.54, 1.807) is 27.7 Å². The highest BCUT2D eigenvalue weighted by atomic mass is 32.2. The number of benzene rings is 4. The second kappa shape index (κ2) is 17.8. The van der Waals surface area contributed by atoms with E-state index in [1.165, 1.54) is 70.9 Å². The van der Waals surface area contributed by atoms with E-state index < -0.39 is 81.2 Å². The van der Waals surface area contributed by atoms with Gasteiger partial charge in [-0.2, -0.15) is 4.31 Å². The number of nitrogens with zero attached hydrogens (tertiary/aromatic N) is 5. The van der Waals surface area contributed by atoms with Gasteiger partial charge in [-0.05, 0) is 123 Å². The standard InChI is InChI=1S/C41H43F4N5O6S/c1-25-23-49(40(52)56-41(2,3)4)24-32(50(25)57(53,54)34-16-14-33(55-5)15-17-34)13-18-35-27(7-6-8-36(35)45)21-37(51)39(47-48-46)38(26-9-11-29(42)12-10-26)28-19-30(43)22-31(44)20-28/h6-12,14-17,19-20,22,25,32,38-39H,13,18,21,23-24H2,1-5H3/t25-,32+,38+,39-/m1/s1. The van der Waals surface area contributed by atoms with Crippen LogP contribution in [0.2, 0.25) is 0 Å². The molecular weight excluding hydrogens is 767 g/mol. The quantitative estimate of drug-likeness (QED) is 0.0574. The Labute approximate surface area is 328 Å². The number of ether oxygens (including phenoxy) is 2. The third kappa shape index (κ3) is 10.3. The Balaban J connectivity index is 1.49. The molecule has 4 aromatic rings. The van der Waals surface area contributed by atoms with Crippen LogP contribution in [0.15, 0.2) is 94.9 Å². The molecule has 0 spiro atoms. The van der Waals surface area contributed by atoms with Gasteiger partial charge in [0.2, 0.25) is 10.0 Å². The first-order chi connectivity index (χ1) is 26.9. The zero-order chi connectivity index (χ0) is 41.7. The number of hydrogen-bond donors (Lipinski definition) is 0. The molecule has 0 N–H and O–H groups in total. The van der Waals surface area contributed by atoms with E-state index in [0.29, 0.717) is 11.8 Å². The second-order valence-corrected chi connectivity index (χ2v) is 16.7. The van der Waals surface area contributed by atoms with E-state index in [2.05, 4.69) is 10.0 Å². The second-order valence-electron chi connectivity index (χ2n) is 14.8. The Hall–Kier alpha value is -5.44. The Morgan fingerprint density at radius 1 is 0.912 bits per heavy atom. The van der Waals surface area contributed by atoms with Gasteiger partial charge in [-0.25, -0.2) is 30.8 Å². The summed E-state index contributed by atoms with van der Waals surface area (Å²) in [5, 5.41) is 3.73. The van der Waals surface area contributed by atoms with Crippen LogP contribution in [0, 0.1) is 23.3 Å². The summed E-state index contributed by atoms with van der Waals surface area (Å²) in [5.41, 5.74) is 9.17. The van der Waals surface area contributed by atoms with E-state index in [9.17, 15) is 36.7 Å². The molecule has 1 fully saturated rings. The minimum atomic E-state index is -4.17. The Morgan fingerprint density at radius 3 is 2.16 bits per heavy atom. The highest BCUT2D eigenvalue weighted by Gasteiger charge is 2.43. The fourth-order valence-electron chi connectivity index (χ4n) is 7.17. The predicted octanol–water partition coefficient (Wildman–Crippen LogP) is 8.51. The summed E-state index contributed by atoms with van der Waals surface area (Å²) in [7, 11) is -2.72. The third-order valence-corrected chi connectivity index (χ3v) is 11.7. The largest absolute Gasteiger partial charge is 0.497 e. The molecule has 4 aromatic carbocycles. The molecule has 302 valence electrons. The van der Waals surface area contributed by atoms with Crippen molar-refractivity contribution in [3.63, 3.8) is 0 Å². The maximum atomic E-state index is 15.8. The van der Waals surface area contributed by atoms with Crippen LogP contribution in [0.1, 0.15) is 62.3 Å². The van der Waals surface area contributed by atoms with Crippen LogP contribution >= 0.6 is 0 Å². The maximum absolute atomic E-state index is 15.8. The van der Waals surface area contributed by atoms with Crippen LogP contribution in [0.4, 0.5) is 22.4 Å². The first-order valence-electron chi connectivity index (χ1n) is 18.1. The summed E-state index contributed by atoms with van der Waals surface area (Å²) in [6, 6.07) is 14.1. The molecule has 1 amide bonds. The average Bonchev–Trinajstić information content (AvgIpc) is 3.13. The van der Waals surface area contributed by atoms with Gasteiger partial charge in [0.15, 0.2) is 0 Å². The predicted molar refractivity (Wildman–Crippen MR) is 204 cm³/mol. The number of carbonyl (C=O) groups is 2. The van der Waals surface area contributed by atoms with Crippen LogP contribution in [-0.2, 0) is 32.4 Å². The average molecular weight is 810 g/mol. The van der Waals surface area contributed by atoms with E-state index in [4.69, 9.17) is 9.47 Å². The SMILES string of the molecule is COc1ccc(S(=O)(=O)N2[C@@H](CCc3c(F)cccc3CC(=O)[C@@H](N=[N+]=[N-])[C@@H](c3ccc(F)cc3)c3cc(F)cc(F)c3)CN(C(=O)OC(C)(C)C)C[C@H]2C)cc1. The number of piperazine rings is 1. The maximum Gasteiger partial charge on any atom is 0.410 e. The van der Waals surface area contributed by atoms with Crippen molar-refractivity contribution >= 4 is 21.9 Å². The van der Waals surface area contributed by atoms with Crippen LogP contribution in [0.5, 0.6) is 5.75 Å². The molecule has 11 nitrogen and oxygen atoms in total. The number of amides is 1.